The molecule has 1 aliphatic rings. The topological polar surface area (TPSA) is 92.0 Å². The molecule has 6 heteroatoms. The maximum Gasteiger partial charge on any atom is 0.354 e. The van der Waals surface area contributed by atoms with Gasteiger partial charge in [0.1, 0.15) is 23.3 Å². The van der Waals surface area contributed by atoms with Crippen molar-refractivity contribution < 1.29 is 14.4 Å². The molecule has 0 bridgehead atoms. The highest BCUT2D eigenvalue weighted by molar-refractivity contribution is 5.89. The van der Waals surface area contributed by atoms with Crippen molar-refractivity contribution in [3.05, 3.63) is 23.1 Å². The monoisotopic (exact) mass is 205 g/mol. The van der Waals surface area contributed by atoms with Gasteiger partial charge in [-0.1, -0.05) is 5.16 Å². The van der Waals surface area contributed by atoms with Gasteiger partial charge in [-0.05, 0) is 12.8 Å². The van der Waals surface area contributed by atoms with Gasteiger partial charge in [-0.3, -0.25) is 5.10 Å². The Balaban J connectivity index is 2.23. The number of aromatic carboxylic acids is 1. The number of nitrogens with one attached hydrogen (secondary N) is 1. The summed E-state index contributed by atoms with van der Waals surface area (Å²) in [6.07, 6.45) is 2.97. The molecule has 0 aliphatic heterocycles. The van der Waals surface area contributed by atoms with Gasteiger partial charge in [0.15, 0.2) is 0 Å². The summed E-state index contributed by atoms with van der Waals surface area (Å²) in [6.45, 7) is 0. The Morgan fingerprint density at radius 3 is 3.13 bits per heavy atom. The number of carbonyl (C=O) groups is 1. The quantitative estimate of drug-likeness (QED) is 0.720. The van der Waals surface area contributed by atoms with Crippen molar-refractivity contribution in [2.75, 3.05) is 0 Å². The largest absolute Gasteiger partial charge is 0.477 e. The zero-order valence-corrected chi connectivity index (χ0v) is 7.65. The molecule has 0 fully saturated rings. The Morgan fingerprint density at radius 1 is 1.47 bits per heavy atom. The van der Waals surface area contributed by atoms with E-state index in [1.807, 2.05) is 0 Å². The van der Waals surface area contributed by atoms with E-state index in [1.54, 1.807) is 6.26 Å². The van der Waals surface area contributed by atoms with Crippen LogP contribution in [0.5, 0.6) is 0 Å². The van der Waals surface area contributed by atoms with Crippen LogP contribution in [0.4, 0.5) is 0 Å². The zero-order valence-electron chi connectivity index (χ0n) is 7.65. The molecule has 0 saturated heterocycles. The first-order valence-electron chi connectivity index (χ1n) is 4.51. The molecule has 0 unspecified atom stereocenters. The van der Waals surface area contributed by atoms with E-state index < -0.39 is 5.97 Å². The Bertz CT molecular complexity index is 541. The van der Waals surface area contributed by atoms with Gasteiger partial charge in [0.25, 0.3) is 0 Å². The lowest BCUT2D eigenvalue weighted by Gasteiger charge is -2.07. The molecule has 2 heterocycles. The molecular weight excluding hydrogens is 198 g/mol. The summed E-state index contributed by atoms with van der Waals surface area (Å²) in [5.41, 5.74) is 3.09. The van der Waals surface area contributed by atoms with E-state index in [-0.39, 0.29) is 5.69 Å². The van der Waals surface area contributed by atoms with Crippen molar-refractivity contribution in [2.24, 2.45) is 0 Å². The highest BCUT2D eigenvalue weighted by Gasteiger charge is 2.27. The zero-order chi connectivity index (χ0) is 10.4. The number of aryl methyl sites for hydroxylation is 1. The summed E-state index contributed by atoms with van der Waals surface area (Å²) in [6, 6.07) is 0. The van der Waals surface area contributed by atoms with Crippen LogP contribution in [0.25, 0.3) is 11.4 Å². The van der Waals surface area contributed by atoms with Crippen molar-refractivity contribution >= 4 is 5.97 Å². The molecule has 3 rings (SSSR count). The predicted octanol–water partition coefficient (Wildman–Crippen LogP) is 0.861. The van der Waals surface area contributed by atoms with E-state index in [1.165, 1.54) is 0 Å². The van der Waals surface area contributed by atoms with E-state index in [4.69, 9.17) is 9.63 Å². The van der Waals surface area contributed by atoms with Gasteiger partial charge < -0.3 is 9.63 Å². The second kappa shape index (κ2) is 2.69. The standard InChI is InChI=1S/C9H7N3O3/c13-9(14)8-5-2-1-4-3-15-12-6(4)7(5)10-11-8/h3H,1-2H2,(H,10,11)(H,13,14). The molecule has 1 aliphatic carbocycles. The lowest BCUT2D eigenvalue weighted by atomic mass is 9.94. The fourth-order valence-corrected chi connectivity index (χ4v) is 1.87. The van der Waals surface area contributed by atoms with Crippen molar-refractivity contribution in [3.63, 3.8) is 0 Å². The van der Waals surface area contributed by atoms with Gasteiger partial charge in [0, 0.05) is 11.1 Å². The second-order valence-electron chi connectivity index (χ2n) is 3.42. The molecule has 76 valence electrons. The van der Waals surface area contributed by atoms with Gasteiger partial charge in [0.05, 0.1) is 0 Å². The van der Waals surface area contributed by atoms with Crippen molar-refractivity contribution in [3.8, 4) is 11.4 Å². The van der Waals surface area contributed by atoms with E-state index in [0.29, 0.717) is 23.4 Å². The molecule has 0 amide bonds. The van der Waals surface area contributed by atoms with Gasteiger partial charge in [0.2, 0.25) is 0 Å². The summed E-state index contributed by atoms with van der Waals surface area (Å²) < 4.78 is 4.84. The molecule has 2 aromatic heterocycles. The van der Waals surface area contributed by atoms with Gasteiger partial charge in [-0.15, -0.1) is 0 Å². The fourth-order valence-electron chi connectivity index (χ4n) is 1.87. The third kappa shape index (κ3) is 1.01. The molecule has 2 N–H and O–H groups in total. The number of hydrogen-bond acceptors (Lipinski definition) is 4. The average Bonchev–Trinajstić information content (AvgIpc) is 2.82. The highest BCUT2D eigenvalue weighted by Crippen LogP contribution is 2.32. The third-order valence-corrected chi connectivity index (χ3v) is 2.59. The lowest BCUT2D eigenvalue weighted by molar-refractivity contribution is 0.0689. The number of aromatic amines is 1. The van der Waals surface area contributed by atoms with Crippen LogP contribution in [0, 0.1) is 0 Å². The number of H-pyrrole nitrogens is 1. The molecule has 0 radical (unpaired) electrons. The van der Waals surface area contributed by atoms with Crippen molar-refractivity contribution in [2.45, 2.75) is 12.8 Å². The van der Waals surface area contributed by atoms with E-state index in [0.717, 1.165) is 12.0 Å². The minimum absolute atomic E-state index is 0.152. The average molecular weight is 205 g/mol. The first kappa shape index (κ1) is 8.22. The van der Waals surface area contributed by atoms with Crippen LogP contribution in [-0.4, -0.2) is 26.4 Å². The minimum Gasteiger partial charge on any atom is -0.477 e. The number of fused-ring (bicyclic) bond motifs is 3. The van der Waals surface area contributed by atoms with E-state index in [9.17, 15) is 4.79 Å². The van der Waals surface area contributed by atoms with Crippen molar-refractivity contribution in [1.29, 1.82) is 0 Å². The number of hydrogen-bond donors (Lipinski definition) is 2. The summed E-state index contributed by atoms with van der Waals surface area (Å²) in [5.74, 6) is -0.990. The van der Waals surface area contributed by atoms with Crippen LogP contribution in [-0.2, 0) is 12.8 Å². The Labute approximate surface area is 83.9 Å². The number of rotatable bonds is 1. The summed E-state index contributed by atoms with van der Waals surface area (Å²) in [4.78, 5) is 10.9. The Hall–Kier alpha value is -2.11. The van der Waals surface area contributed by atoms with Crippen LogP contribution in [0.15, 0.2) is 10.8 Å². The van der Waals surface area contributed by atoms with E-state index in [2.05, 4.69) is 15.4 Å². The molecule has 0 aromatic carbocycles. The van der Waals surface area contributed by atoms with Gasteiger partial charge in [-0.25, -0.2) is 4.79 Å². The number of aromatic nitrogens is 3. The number of nitrogens with zero attached hydrogens (tertiary/aromatic N) is 2. The molecule has 0 atom stereocenters. The first-order valence-corrected chi connectivity index (χ1v) is 4.51. The lowest BCUT2D eigenvalue weighted by Crippen LogP contribution is -2.06. The maximum atomic E-state index is 10.9. The summed E-state index contributed by atoms with van der Waals surface area (Å²) in [7, 11) is 0. The fraction of sp³-hybridized carbons (Fsp3) is 0.222. The van der Waals surface area contributed by atoms with Gasteiger partial charge in [-0.2, -0.15) is 5.10 Å². The first-order chi connectivity index (χ1) is 7.27. The van der Waals surface area contributed by atoms with Crippen molar-refractivity contribution in [1.82, 2.24) is 15.4 Å². The van der Waals surface area contributed by atoms with Crippen LogP contribution in [0.2, 0.25) is 0 Å². The Morgan fingerprint density at radius 2 is 2.33 bits per heavy atom. The molecular formula is C9H7N3O3. The normalized spacial score (nSPS) is 13.3. The predicted molar refractivity (Wildman–Crippen MR) is 48.5 cm³/mol. The number of carboxylic acid groups (broad SMARTS) is 1. The second-order valence-corrected chi connectivity index (χ2v) is 3.42. The molecule has 0 spiro atoms. The van der Waals surface area contributed by atoms with Crippen LogP contribution < -0.4 is 0 Å². The summed E-state index contributed by atoms with van der Waals surface area (Å²) in [5, 5.41) is 19.2. The number of carboxylic acids is 1. The maximum absolute atomic E-state index is 10.9. The Kier molecular flexibility index (Phi) is 1.47. The van der Waals surface area contributed by atoms with Crippen LogP contribution in [0.1, 0.15) is 21.6 Å². The smallest absolute Gasteiger partial charge is 0.354 e. The summed E-state index contributed by atoms with van der Waals surface area (Å²) >= 11 is 0. The van der Waals surface area contributed by atoms with Crippen LogP contribution in [0.3, 0.4) is 0 Å². The van der Waals surface area contributed by atoms with E-state index >= 15 is 0 Å². The third-order valence-electron chi connectivity index (χ3n) is 2.59. The van der Waals surface area contributed by atoms with Gasteiger partial charge >= 0.3 is 5.97 Å². The van der Waals surface area contributed by atoms with Crippen LogP contribution >= 0.6 is 0 Å². The molecule has 2 aromatic rings. The minimum atomic E-state index is -0.990. The molecule has 6 nitrogen and oxygen atoms in total. The molecule has 0 saturated carbocycles. The SMILES string of the molecule is O=C(O)c1[nH]nc2c1CCc1conc1-2. The highest BCUT2D eigenvalue weighted by atomic mass is 16.5. The molecule has 15 heavy (non-hydrogen) atoms.